The minimum atomic E-state index is -1.31. The number of hydrogen-bond acceptors (Lipinski definition) is 6. The maximum atomic E-state index is 13.3. The fraction of sp³-hybridized carbons (Fsp3) is 0.286. The van der Waals surface area contributed by atoms with Gasteiger partial charge in [0.1, 0.15) is 16.8 Å². The summed E-state index contributed by atoms with van der Waals surface area (Å²) in [6.45, 7) is 0.736. The van der Waals surface area contributed by atoms with Crippen LogP contribution >= 0.6 is 0 Å². The molecule has 1 amide bonds. The lowest BCUT2D eigenvalue weighted by molar-refractivity contribution is -0.118. The third-order valence-electron chi connectivity index (χ3n) is 7.30. The van der Waals surface area contributed by atoms with Crippen LogP contribution in [0.1, 0.15) is 34.1 Å². The largest absolute Gasteiger partial charge is 0.412 e. The van der Waals surface area contributed by atoms with E-state index in [0.717, 1.165) is 60.1 Å². The Hall–Kier alpha value is -3.57. The van der Waals surface area contributed by atoms with Crippen LogP contribution in [0.25, 0.3) is 22.3 Å². The molecule has 200 valence electrons. The molecule has 2 aromatic heterocycles. The normalized spacial score (nSPS) is 19.0. The molecule has 2 fully saturated rings. The molecule has 3 heterocycles. The Morgan fingerprint density at radius 1 is 1.08 bits per heavy atom. The minimum Gasteiger partial charge on any atom is -0.412 e. The Morgan fingerprint density at radius 2 is 1.84 bits per heavy atom. The molecule has 1 saturated carbocycles. The van der Waals surface area contributed by atoms with Gasteiger partial charge in [0.05, 0.1) is 33.6 Å². The monoisotopic (exact) mass is 535 g/mol. The highest BCUT2D eigenvalue weighted by atomic mass is 32.2. The Bertz CT molecular complexity index is 1500. The van der Waals surface area contributed by atoms with Crippen LogP contribution in [0.4, 0.5) is 5.82 Å². The molecule has 6 rings (SSSR count). The molecule has 0 spiro atoms. The molecule has 2 aromatic carbocycles. The Kier molecular flexibility index (Phi) is 7.31. The van der Waals surface area contributed by atoms with Crippen LogP contribution in [0.2, 0.25) is 0 Å². The number of nitrogens with one attached hydrogen (secondary N) is 1. The number of aliphatic hydroxyl groups is 1. The number of pyridine rings is 1. The molecule has 38 heavy (non-hydrogen) atoms. The lowest BCUT2D eigenvalue weighted by Crippen LogP contribution is -2.33. The molecular formula is C28H33N5O4S. The van der Waals surface area contributed by atoms with Gasteiger partial charge >= 0.3 is 0 Å². The maximum absolute atomic E-state index is 13.3. The van der Waals surface area contributed by atoms with Gasteiger partial charge in [-0.2, -0.15) is 0 Å². The van der Waals surface area contributed by atoms with E-state index in [1.165, 1.54) is 0 Å². The zero-order chi connectivity index (χ0) is 25.4. The standard InChI is InChI=1S/C28H27N5O3S.H2O.2H2/c34-18-21-3-2-16-33(21)37(36)22-9-6-19(7-10-22)23-4-1-5-26(31-23)32-27(35)28(12-13-28)20-8-11-24-25(17-20)30-15-14-29-24;;;/h1,4-11,14-15,17,21,34H,2-3,12-13,16,18H2,(H,31,32,35);1H2;2*1H/t21-,37?;;;/m1.../s1. The smallest absolute Gasteiger partial charge is 0.236 e. The van der Waals surface area contributed by atoms with Crippen molar-refractivity contribution in [2.75, 3.05) is 18.5 Å². The van der Waals surface area contributed by atoms with Crippen molar-refractivity contribution in [2.24, 2.45) is 0 Å². The SMILES string of the molecule is O.O=C(Nc1cccc(-c2ccc(S(=O)N3CCC[C@@H]3CO)cc2)n1)C1(c2ccc3nccnc3c2)CC1.[HH].[HH]. The molecule has 2 atom stereocenters. The highest BCUT2D eigenvalue weighted by Gasteiger charge is 2.51. The average molecular weight is 536 g/mol. The lowest BCUT2D eigenvalue weighted by Gasteiger charge is -2.21. The van der Waals surface area contributed by atoms with Crippen molar-refractivity contribution < 1.29 is 22.4 Å². The molecule has 1 unspecified atom stereocenters. The van der Waals surface area contributed by atoms with E-state index in [1.807, 2.05) is 58.9 Å². The van der Waals surface area contributed by atoms with Gasteiger partial charge in [0.2, 0.25) is 5.91 Å². The van der Waals surface area contributed by atoms with Crippen LogP contribution in [-0.2, 0) is 21.2 Å². The van der Waals surface area contributed by atoms with E-state index >= 15 is 0 Å². The molecule has 1 aliphatic heterocycles. The lowest BCUT2D eigenvalue weighted by atomic mass is 9.94. The number of carbonyl (C=O) groups excluding carboxylic acids is 1. The van der Waals surface area contributed by atoms with Crippen molar-refractivity contribution in [1.29, 1.82) is 0 Å². The second-order valence-corrected chi connectivity index (χ2v) is 11.0. The fourth-order valence-electron chi connectivity index (χ4n) is 5.02. The predicted octanol–water partition coefficient (Wildman–Crippen LogP) is 3.51. The van der Waals surface area contributed by atoms with Crippen LogP contribution in [-0.4, -0.2) is 59.1 Å². The predicted molar refractivity (Wildman–Crippen MR) is 150 cm³/mol. The first-order valence-corrected chi connectivity index (χ1v) is 13.6. The second kappa shape index (κ2) is 10.7. The van der Waals surface area contributed by atoms with Gasteiger partial charge < -0.3 is 15.9 Å². The maximum Gasteiger partial charge on any atom is 0.236 e. The Morgan fingerprint density at radius 3 is 2.58 bits per heavy atom. The van der Waals surface area contributed by atoms with Crippen LogP contribution in [0, 0.1) is 0 Å². The molecule has 0 bridgehead atoms. The molecular weight excluding hydrogens is 502 g/mol. The van der Waals surface area contributed by atoms with E-state index in [2.05, 4.69) is 20.3 Å². The Balaban J connectivity index is 0.00000147. The van der Waals surface area contributed by atoms with E-state index in [9.17, 15) is 14.1 Å². The molecule has 1 saturated heterocycles. The van der Waals surface area contributed by atoms with Crippen LogP contribution in [0.5, 0.6) is 0 Å². The first-order valence-electron chi connectivity index (χ1n) is 12.5. The summed E-state index contributed by atoms with van der Waals surface area (Å²) in [4.78, 5) is 27.4. The number of amides is 1. The summed E-state index contributed by atoms with van der Waals surface area (Å²) in [6, 6.07) is 18.8. The summed E-state index contributed by atoms with van der Waals surface area (Å²) in [6.07, 6.45) is 6.66. The van der Waals surface area contributed by atoms with Gasteiger partial charge in [-0.05, 0) is 67.6 Å². The van der Waals surface area contributed by atoms with E-state index in [1.54, 1.807) is 18.5 Å². The third-order valence-corrected chi connectivity index (χ3v) is 8.88. The van der Waals surface area contributed by atoms with E-state index in [4.69, 9.17) is 0 Å². The highest BCUT2D eigenvalue weighted by molar-refractivity contribution is 7.82. The van der Waals surface area contributed by atoms with Crippen molar-refractivity contribution >= 4 is 33.7 Å². The van der Waals surface area contributed by atoms with Gasteiger partial charge in [0.25, 0.3) is 0 Å². The zero-order valence-corrected chi connectivity index (χ0v) is 21.5. The number of benzene rings is 2. The third kappa shape index (κ3) is 4.83. The molecule has 4 N–H and O–H groups in total. The van der Waals surface area contributed by atoms with Crippen LogP contribution < -0.4 is 5.32 Å². The Labute approximate surface area is 225 Å². The first kappa shape index (κ1) is 26.1. The van der Waals surface area contributed by atoms with Gasteiger partial charge in [-0.25, -0.2) is 13.5 Å². The molecule has 1 aliphatic carbocycles. The van der Waals surface area contributed by atoms with Crippen LogP contribution in [0.15, 0.2) is 78.0 Å². The molecule has 10 heteroatoms. The van der Waals surface area contributed by atoms with E-state index in [-0.39, 0.29) is 26.9 Å². The molecule has 0 radical (unpaired) electrons. The van der Waals surface area contributed by atoms with Crippen molar-refractivity contribution in [3.8, 4) is 11.3 Å². The molecule has 4 aromatic rings. The number of fused-ring (bicyclic) bond motifs is 1. The van der Waals surface area contributed by atoms with Crippen molar-refractivity contribution in [3.05, 3.63) is 78.6 Å². The quantitative estimate of drug-likeness (QED) is 0.371. The second-order valence-electron chi connectivity index (χ2n) is 9.60. The number of hydrogen-bond donors (Lipinski definition) is 2. The number of nitrogens with zero attached hydrogens (tertiary/aromatic N) is 4. The molecule has 2 aliphatic rings. The summed E-state index contributed by atoms with van der Waals surface area (Å²) in [5, 5.41) is 12.6. The van der Waals surface area contributed by atoms with Gasteiger partial charge in [0, 0.05) is 33.4 Å². The van der Waals surface area contributed by atoms with Crippen LogP contribution in [0.3, 0.4) is 0 Å². The minimum absolute atomic E-state index is 0. The number of carbonyl (C=O) groups is 1. The number of aliphatic hydroxyl groups excluding tert-OH is 1. The highest BCUT2D eigenvalue weighted by Crippen LogP contribution is 2.49. The van der Waals surface area contributed by atoms with E-state index in [0.29, 0.717) is 10.7 Å². The van der Waals surface area contributed by atoms with E-state index < -0.39 is 16.4 Å². The summed E-state index contributed by atoms with van der Waals surface area (Å²) in [5.74, 6) is 0.417. The molecule has 9 nitrogen and oxygen atoms in total. The topological polar surface area (TPSA) is 140 Å². The van der Waals surface area contributed by atoms with Crippen molar-refractivity contribution in [3.63, 3.8) is 0 Å². The van der Waals surface area contributed by atoms with Gasteiger partial charge in [-0.3, -0.25) is 14.8 Å². The van der Waals surface area contributed by atoms with Gasteiger partial charge in [-0.1, -0.05) is 24.3 Å². The first-order chi connectivity index (χ1) is 18.1. The summed E-state index contributed by atoms with van der Waals surface area (Å²) in [5.41, 5.74) is 3.54. The fourth-order valence-corrected chi connectivity index (χ4v) is 6.40. The summed E-state index contributed by atoms with van der Waals surface area (Å²) < 4.78 is 14.8. The number of anilines is 1. The number of rotatable bonds is 7. The zero-order valence-electron chi connectivity index (χ0n) is 20.7. The number of aromatic nitrogens is 3. The average Bonchev–Trinajstić information content (AvgIpc) is 3.63. The summed E-state index contributed by atoms with van der Waals surface area (Å²) >= 11 is 0. The van der Waals surface area contributed by atoms with Gasteiger partial charge in [-0.15, -0.1) is 0 Å². The summed E-state index contributed by atoms with van der Waals surface area (Å²) in [7, 11) is -1.31. The van der Waals surface area contributed by atoms with Crippen molar-refractivity contribution in [1.82, 2.24) is 19.3 Å². The van der Waals surface area contributed by atoms with Gasteiger partial charge in [0.15, 0.2) is 0 Å². The van der Waals surface area contributed by atoms with Crippen molar-refractivity contribution in [2.45, 2.75) is 42.0 Å².